The molecule has 0 heterocycles. The Hall–Kier alpha value is -1.46. The van der Waals surface area contributed by atoms with Crippen molar-refractivity contribution in [3.63, 3.8) is 0 Å². The number of fused-ring (bicyclic) bond motifs is 3. The van der Waals surface area contributed by atoms with Crippen molar-refractivity contribution in [3.8, 4) is 11.1 Å². The molecule has 0 unspecified atom stereocenters. The largest absolute Gasteiger partial charge is 0.500 e. The van der Waals surface area contributed by atoms with E-state index in [0.29, 0.717) is 19.8 Å². The molecule has 0 saturated carbocycles. The molecule has 1 aliphatic rings. The minimum atomic E-state index is -2.54. The molecule has 0 amide bonds. The van der Waals surface area contributed by atoms with Crippen LogP contribution in [0, 0.1) is 0 Å². The van der Waals surface area contributed by atoms with E-state index in [-0.39, 0.29) is 0 Å². The van der Waals surface area contributed by atoms with Crippen LogP contribution in [0.4, 0.5) is 0 Å². The van der Waals surface area contributed by atoms with Crippen LogP contribution in [0.1, 0.15) is 43.9 Å². The summed E-state index contributed by atoms with van der Waals surface area (Å²) in [4.78, 5) is 0. The van der Waals surface area contributed by atoms with Gasteiger partial charge in [-0.2, -0.15) is 0 Å². The maximum atomic E-state index is 5.99. The van der Waals surface area contributed by atoms with Gasteiger partial charge in [0.05, 0.1) is 0 Å². The Morgan fingerprint density at radius 3 is 2.15 bits per heavy atom. The lowest BCUT2D eigenvalue weighted by atomic mass is 9.98. The maximum Gasteiger partial charge on any atom is 0.500 e. The van der Waals surface area contributed by atoms with Gasteiger partial charge >= 0.3 is 8.80 Å². The van der Waals surface area contributed by atoms with Gasteiger partial charge in [0, 0.05) is 25.9 Å². The molecule has 0 N–H and O–H groups in total. The van der Waals surface area contributed by atoms with Gasteiger partial charge < -0.3 is 13.3 Å². The van der Waals surface area contributed by atoms with Gasteiger partial charge in [-0.15, -0.1) is 0 Å². The number of hydrogen-bond donors (Lipinski definition) is 0. The zero-order chi connectivity index (χ0) is 18.4. The zero-order valence-corrected chi connectivity index (χ0v) is 17.2. The molecule has 3 rings (SSSR count). The highest BCUT2D eigenvalue weighted by Crippen LogP contribution is 2.38. The van der Waals surface area contributed by atoms with Crippen LogP contribution in [0.15, 0.2) is 42.5 Å². The van der Waals surface area contributed by atoms with Gasteiger partial charge in [-0.3, -0.25) is 0 Å². The van der Waals surface area contributed by atoms with Crippen molar-refractivity contribution in [1.82, 2.24) is 0 Å². The van der Waals surface area contributed by atoms with Gasteiger partial charge in [0.25, 0.3) is 0 Å². The van der Waals surface area contributed by atoms with Crippen LogP contribution in [0.5, 0.6) is 0 Å². The standard InChI is InChI=1S/C22H30O3Si/c1-4-23-26(24-5-2,25-6-3)16-10-13-18-12-9-15-21-20-14-8-7-11-19(20)17-22(18)21/h7-9,11-12,14-15H,4-6,10,13,16-17H2,1-3H3. The van der Waals surface area contributed by atoms with Crippen LogP contribution in [-0.2, 0) is 26.1 Å². The van der Waals surface area contributed by atoms with E-state index in [9.17, 15) is 0 Å². The van der Waals surface area contributed by atoms with Crippen LogP contribution < -0.4 is 0 Å². The fourth-order valence-corrected chi connectivity index (χ4v) is 6.57. The Morgan fingerprint density at radius 2 is 1.46 bits per heavy atom. The molecule has 0 fully saturated rings. The predicted octanol–water partition coefficient (Wildman–Crippen LogP) is 5.24. The zero-order valence-electron chi connectivity index (χ0n) is 16.2. The molecule has 26 heavy (non-hydrogen) atoms. The average molecular weight is 371 g/mol. The van der Waals surface area contributed by atoms with Crippen molar-refractivity contribution in [2.45, 2.75) is 46.1 Å². The van der Waals surface area contributed by atoms with Crippen LogP contribution >= 0.6 is 0 Å². The second-order valence-electron chi connectivity index (χ2n) is 6.61. The summed E-state index contributed by atoms with van der Waals surface area (Å²) in [6, 6.07) is 16.3. The molecule has 0 atom stereocenters. The Balaban J connectivity index is 1.71. The van der Waals surface area contributed by atoms with Crippen LogP contribution in [-0.4, -0.2) is 28.6 Å². The molecule has 0 spiro atoms. The number of hydrogen-bond acceptors (Lipinski definition) is 3. The molecule has 2 aromatic rings. The van der Waals surface area contributed by atoms with Crippen LogP contribution in [0.25, 0.3) is 11.1 Å². The summed E-state index contributed by atoms with van der Waals surface area (Å²) < 4.78 is 18.0. The minimum absolute atomic E-state index is 0.641. The van der Waals surface area contributed by atoms with Gasteiger partial charge in [-0.1, -0.05) is 42.5 Å². The third kappa shape index (κ3) is 4.09. The van der Waals surface area contributed by atoms with Crippen molar-refractivity contribution < 1.29 is 13.3 Å². The highest BCUT2D eigenvalue weighted by atomic mass is 28.4. The van der Waals surface area contributed by atoms with Crippen molar-refractivity contribution in [3.05, 3.63) is 59.2 Å². The first-order valence-corrected chi connectivity index (χ1v) is 11.8. The van der Waals surface area contributed by atoms with Crippen molar-refractivity contribution in [2.24, 2.45) is 0 Å². The summed E-state index contributed by atoms with van der Waals surface area (Å²) in [5, 5.41) is 0. The Kier molecular flexibility index (Phi) is 6.65. The molecule has 140 valence electrons. The summed E-state index contributed by atoms with van der Waals surface area (Å²) in [5.41, 5.74) is 7.18. The summed E-state index contributed by atoms with van der Waals surface area (Å²) in [7, 11) is -2.54. The highest BCUT2D eigenvalue weighted by molar-refractivity contribution is 6.60. The first-order chi connectivity index (χ1) is 12.7. The molecule has 0 saturated heterocycles. The monoisotopic (exact) mass is 370 g/mol. The van der Waals surface area contributed by atoms with Crippen molar-refractivity contribution >= 4 is 8.80 Å². The predicted molar refractivity (Wildman–Crippen MR) is 108 cm³/mol. The molecule has 1 aliphatic carbocycles. The molecule has 0 bridgehead atoms. The summed E-state index contributed by atoms with van der Waals surface area (Å²) >= 11 is 0. The molecule has 3 nitrogen and oxygen atoms in total. The topological polar surface area (TPSA) is 27.7 Å². The number of aryl methyl sites for hydroxylation is 1. The molecular weight excluding hydrogens is 340 g/mol. The van der Waals surface area contributed by atoms with Gasteiger partial charge in [0.15, 0.2) is 0 Å². The maximum absolute atomic E-state index is 5.99. The third-order valence-corrected chi connectivity index (χ3v) is 8.12. The summed E-state index contributed by atoms with van der Waals surface area (Å²) in [6.07, 6.45) is 3.12. The lowest BCUT2D eigenvalue weighted by molar-refractivity contribution is 0.0708. The summed E-state index contributed by atoms with van der Waals surface area (Å²) in [5.74, 6) is 0. The minimum Gasteiger partial charge on any atom is -0.374 e. The average Bonchev–Trinajstić information content (AvgIpc) is 3.02. The van der Waals surface area contributed by atoms with E-state index in [4.69, 9.17) is 13.3 Å². The number of rotatable bonds is 10. The summed E-state index contributed by atoms with van der Waals surface area (Å²) in [6.45, 7) is 7.97. The van der Waals surface area contributed by atoms with Crippen LogP contribution in [0.3, 0.4) is 0 Å². The van der Waals surface area contributed by atoms with E-state index >= 15 is 0 Å². The van der Waals surface area contributed by atoms with E-state index in [1.165, 1.54) is 27.8 Å². The molecule has 0 aromatic heterocycles. The fourth-order valence-electron chi connectivity index (χ4n) is 3.95. The first kappa shape index (κ1) is 19.3. The molecule has 0 radical (unpaired) electrons. The molecule has 0 aliphatic heterocycles. The lowest BCUT2D eigenvalue weighted by Gasteiger charge is -2.28. The van der Waals surface area contributed by atoms with E-state index in [2.05, 4.69) is 42.5 Å². The molecule has 4 heteroatoms. The molecule has 2 aromatic carbocycles. The normalized spacial score (nSPS) is 12.9. The molecular formula is C22H30O3Si. The quantitative estimate of drug-likeness (QED) is 0.457. The SMILES string of the molecule is CCO[Si](CCCc1cccc2c1Cc1ccccc1-2)(OCC)OCC. The van der Waals surface area contributed by atoms with Gasteiger partial charge in [0.2, 0.25) is 0 Å². The van der Waals surface area contributed by atoms with Gasteiger partial charge in [-0.25, -0.2) is 0 Å². The third-order valence-electron chi connectivity index (χ3n) is 4.97. The Labute approximate surface area is 158 Å². The van der Waals surface area contributed by atoms with E-state index in [0.717, 1.165) is 25.3 Å². The Bertz CT molecular complexity index is 712. The van der Waals surface area contributed by atoms with Gasteiger partial charge in [-0.05, 0) is 67.9 Å². The van der Waals surface area contributed by atoms with Crippen molar-refractivity contribution in [1.29, 1.82) is 0 Å². The highest BCUT2D eigenvalue weighted by Gasteiger charge is 2.39. The fraction of sp³-hybridized carbons (Fsp3) is 0.455. The number of benzene rings is 2. The smallest absolute Gasteiger partial charge is 0.374 e. The van der Waals surface area contributed by atoms with E-state index in [1.807, 2.05) is 20.8 Å². The van der Waals surface area contributed by atoms with Gasteiger partial charge in [0.1, 0.15) is 0 Å². The van der Waals surface area contributed by atoms with E-state index < -0.39 is 8.80 Å². The van der Waals surface area contributed by atoms with Crippen LogP contribution in [0.2, 0.25) is 6.04 Å². The first-order valence-electron chi connectivity index (χ1n) is 9.84. The second kappa shape index (κ2) is 8.96. The lowest BCUT2D eigenvalue weighted by Crippen LogP contribution is -2.46. The Morgan fingerprint density at radius 1 is 0.808 bits per heavy atom. The van der Waals surface area contributed by atoms with Crippen molar-refractivity contribution in [2.75, 3.05) is 19.8 Å². The second-order valence-corrected chi connectivity index (χ2v) is 9.34. The van der Waals surface area contributed by atoms with E-state index in [1.54, 1.807) is 0 Å².